The molecule has 0 saturated heterocycles. The van der Waals surface area contributed by atoms with Gasteiger partial charge in [0.2, 0.25) is 0 Å². The lowest BCUT2D eigenvalue weighted by atomic mass is 9.93. The molecule has 0 bridgehead atoms. The molecule has 1 heterocycles. The highest BCUT2D eigenvalue weighted by Crippen LogP contribution is 2.41. The smallest absolute Gasteiger partial charge is 0.341 e. The number of hydrogen-bond acceptors (Lipinski definition) is 6. The van der Waals surface area contributed by atoms with Gasteiger partial charge in [-0.05, 0) is 51.5 Å². The van der Waals surface area contributed by atoms with E-state index in [0.717, 1.165) is 23.1 Å². The molecule has 1 aromatic rings. The van der Waals surface area contributed by atoms with Crippen molar-refractivity contribution in [2.24, 2.45) is 5.92 Å². The first kappa shape index (κ1) is 26.2. The normalized spacial score (nSPS) is 12.9. The number of rotatable bonds is 11. The quantitative estimate of drug-likeness (QED) is 0.367. The van der Waals surface area contributed by atoms with Gasteiger partial charge in [-0.25, -0.2) is 9.59 Å². The number of hydrogen-bond donors (Lipinski definition) is 2. The van der Waals surface area contributed by atoms with Gasteiger partial charge in [-0.15, -0.1) is 0 Å². The predicted octanol–water partition coefficient (Wildman–Crippen LogP) is 4.67. The second-order valence-electron chi connectivity index (χ2n) is 8.58. The van der Waals surface area contributed by atoms with Crippen LogP contribution in [0.3, 0.4) is 0 Å². The van der Waals surface area contributed by atoms with Crippen LogP contribution >= 0.6 is 0 Å². The van der Waals surface area contributed by atoms with Gasteiger partial charge in [0.1, 0.15) is 12.4 Å². The summed E-state index contributed by atoms with van der Waals surface area (Å²) in [5.74, 6) is 0.421. The number of methoxy groups -OCH3 is 1. The summed E-state index contributed by atoms with van der Waals surface area (Å²) in [5.41, 5.74) is 4.00. The van der Waals surface area contributed by atoms with Gasteiger partial charge in [-0.1, -0.05) is 25.5 Å². The lowest BCUT2D eigenvalue weighted by molar-refractivity contribution is -0.143. The second kappa shape index (κ2) is 12.3. The number of ether oxygens (including phenoxy) is 3. The number of carbonyl (C=O) groups excluding carboxylic acids is 3. The van der Waals surface area contributed by atoms with Crippen LogP contribution in [0, 0.1) is 12.8 Å². The van der Waals surface area contributed by atoms with Crippen LogP contribution in [0.5, 0.6) is 5.75 Å². The molecule has 8 heteroatoms. The maximum Gasteiger partial charge on any atom is 0.341 e. The summed E-state index contributed by atoms with van der Waals surface area (Å²) >= 11 is 0. The van der Waals surface area contributed by atoms with E-state index in [1.807, 2.05) is 26.8 Å². The van der Waals surface area contributed by atoms with E-state index >= 15 is 0 Å². The van der Waals surface area contributed by atoms with Gasteiger partial charge in [0.25, 0.3) is 0 Å². The summed E-state index contributed by atoms with van der Waals surface area (Å²) in [5, 5.41) is 5.51. The van der Waals surface area contributed by atoms with Gasteiger partial charge in [0, 0.05) is 24.1 Å². The summed E-state index contributed by atoms with van der Waals surface area (Å²) in [6.45, 7) is 10.8. The van der Waals surface area contributed by atoms with E-state index in [-0.39, 0.29) is 12.6 Å². The van der Waals surface area contributed by atoms with Crippen molar-refractivity contribution in [2.75, 3.05) is 25.6 Å². The van der Waals surface area contributed by atoms with Crippen molar-refractivity contribution in [3.05, 3.63) is 33.9 Å². The Morgan fingerprint density at radius 1 is 1.24 bits per heavy atom. The number of esters is 2. The molecular weight excluding hydrogens is 424 g/mol. The maximum atomic E-state index is 12.5. The zero-order chi connectivity index (χ0) is 24.5. The molecule has 182 valence electrons. The van der Waals surface area contributed by atoms with E-state index in [0.29, 0.717) is 60.9 Å². The molecule has 0 radical (unpaired) electrons. The monoisotopic (exact) mass is 460 g/mol. The Kier molecular flexibility index (Phi) is 9.75. The Morgan fingerprint density at radius 3 is 2.61 bits per heavy atom. The third kappa shape index (κ3) is 6.97. The fourth-order valence-corrected chi connectivity index (χ4v) is 3.67. The first-order chi connectivity index (χ1) is 15.7. The minimum absolute atomic E-state index is 0.147. The SMILES string of the molecule is CCNC(=O)Nc1c(C/C=C(\C)CCC(=O)OCCC(C)C)c(OC)c(C)c2c1C(=O)OC2. The highest BCUT2D eigenvalue weighted by molar-refractivity contribution is 6.05. The van der Waals surface area contributed by atoms with Crippen molar-refractivity contribution in [3.8, 4) is 5.75 Å². The predicted molar refractivity (Wildman–Crippen MR) is 127 cm³/mol. The number of amides is 2. The van der Waals surface area contributed by atoms with Crippen LogP contribution in [0.2, 0.25) is 0 Å². The number of fused-ring (bicyclic) bond motifs is 1. The van der Waals surface area contributed by atoms with Crippen LogP contribution in [0.4, 0.5) is 10.5 Å². The summed E-state index contributed by atoms with van der Waals surface area (Å²) in [6, 6.07) is -0.406. The van der Waals surface area contributed by atoms with Gasteiger partial charge in [0.15, 0.2) is 0 Å². The molecule has 0 fully saturated rings. The molecule has 0 atom stereocenters. The fraction of sp³-hybridized carbons (Fsp3) is 0.560. The molecule has 1 aliphatic rings. The van der Waals surface area contributed by atoms with Crippen LogP contribution in [0.15, 0.2) is 11.6 Å². The molecule has 0 aliphatic carbocycles. The van der Waals surface area contributed by atoms with Crippen molar-refractivity contribution in [1.82, 2.24) is 5.32 Å². The largest absolute Gasteiger partial charge is 0.496 e. The average molecular weight is 461 g/mol. The molecule has 0 saturated carbocycles. The Hall–Kier alpha value is -3.03. The lowest BCUT2D eigenvalue weighted by Gasteiger charge is -2.20. The Balaban J connectivity index is 2.24. The standard InChI is InChI=1S/C25H36N2O6/c1-7-26-25(30)27-22-18(23(31-6)17(5)19-14-33-24(29)21(19)22)10-8-16(4)9-11-20(28)32-13-12-15(2)3/h8,15H,7,9-14H2,1-6H3,(H2,26,27,30)/b16-8+. The molecular formula is C25H36N2O6. The Labute approximate surface area is 196 Å². The Bertz CT molecular complexity index is 920. The zero-order valence-electron chi connectivity index (χ0n) is 20.6. The minimum Gasteiger partial charge on any atom is -0.496 e. The van der Waals surface area contributed by atoms with Gasteiger partial charge in [-0.2, -0.15) is 0 Å². The number of allylic oxidation sites excluding steroid dienone is 2. The first-order valence-corrected chi connectivity index (χ1v) is 11.4. The highest BCUT2D eigenvalue weighted by atomic mass is 16.5. The van der Waals surface area contributed by atoms with Crippen molar-refractivity contribution in [2.45, 2.75) is 66.9 Å². The molecule has 2 N–H and O–H groups in total. The third-order valence-electron chi connectivity index (χ3n) is 5.59. The molecule has 0 aromatic heterocycles. The summed E-state index contributed by atoms with van der Waals surface area (Å²) in [4.78, 5) is 36.8. The summed E-state index contributed by atoms with van der Waals surface area (Å²) in [7, 11) is 1.56. The zero-order valence-corrected chi connectivity index (χ0v) is 20.6. The topological polar surface area (TPSA) is 103 Å². The lowest BCUT2D eigenvalue weighted by Crippen LogP contribution is -2.29. The minimum atomic E-state index is -0.464. The van der Waals surface area contributed by atoms with Crippen molar-refractivity contribution in [1.29, 1.82) is 0 Å². The van der Waals surface area contributed by atoms with Crippen LogP contribution in [0.1, 0.15) is 74.0 Å². The average Bonchev–Trinajstić information content (AvgIpc) is 3.14. The number of nitrogens with one attached hydrogen (secondary N) is 2. The molecule has 8 nitrogen and oxygen atoms in total. The fourth-order valence-electron chi connectivity index (χ4n) is 3.67. The van der Waals surface area contributed by atoms with Crippen LogP contribution < -0.4 is 15.4 Å². The number of carbonyl (C=O) groups is 3. The van der Waals surface area contributed by atoms with E-state index < -0.39 is 12.0 Å². The van der Waals surface area contributed by atoms with E-state index in [1.165, 1.54) is 0 Å². The third-order valence-corrected chi connectivity index (χ3v) is 5.59. The van der Waals surface area contributed by atoms with Crippen LogP contribution in [-0.4, -0.2) is 38.2 Å². The Morgan fingerprint density at radius 2 is 1.97 bits per heavy atom. The molecule has 1 aliphatic heterocycles. The van der Waals surface area contributed by atoms with Crippen LogP contribution in [-0.2, 0) is 27.3 Å². The molecule has 0 unspecified atom stereocenters. The van der Waals surface area contributed by atoms with Crippen LogP contribution in [0.25, 0.3) is 0 Å². The molecule has 1 aromatic carbocycles. The first-order valence-electron chi connectivity index (χ1n) is 11.4. The number of urea groups is 1. The van der Waals surface area contributed by atoms with E-state index in [4.69, 9.17) is 14.2 Å². The summed E-state index contributed by atoms with van der Waals surface area (Å²) < 4.78 is 16.2. The molecule has 2 rings (SSSR count). The number of anilines is 1. The van der Waals surface area contributed by atoms with Crippen molar-refractivity contribution < 1.29 is 28.6 Å². The van der Waals surface area contributed by atoms with Gasteiger partial charge in [-0.3, -0.25) is 4.79 Å². The van der Waals surface area contributed by atoms with E-state index in [2.05, 4.69) is 24.5 Å². The van der Waals surface area contributed by atoms with Gasteiger partial charge < -0.3 is 24.8 Å². The van der Waals surface area contributed by atoms with E-state index in [1.54, 1.807) is 7.11 Å². The number of cyclic esters (lactones) is 1. The molecule has 0 spiro atoms. The second-order valence-corrected chi connectivity index (χ2v) is 8.58. The van der Waals surface area contributed by atoms with Crippen molar-refractivity contribution >= 4 is 23.7 Å². The van der Waals surface area contributed by atoms with Gasteiger partial charge >= 0.3 is 18.0 Å². The maximum absolute atomic E-state index is 12.5. The van der Waals surface area contributed by atoms with Gasteiger partial charge in [0.05, 0.1) is 25.0 Å². The molecule has 33 heavy (non-hydrogen) atoms. The highest BCUT2D eigenvalue weighted by Gasteiger charge is 2.32. The van der Waals surface area contributed by atoms with Crippen molar-refractivity contribution in [3.63, 3.8) is 0 Å². The van der Waals surface area contributed by atoms with E-state index in [9.17, 15) is 14.4 Å². The number of benzene rings is 1. The molecule has 2 amide bonds. The summed E-state index contributed by atoms with van der Waals surface area (Å²) in [6.07, 6.45) is 4.11.